The molecule has 0 saturated heterocycles. The minimum Gasteiger partial charge on any atom is -0.310 e. The van der Waals surface area contributed by atoms with E-state index < -0.39 is 0 Å². The SMILES string of the molecule is CC(C)(C)c1ccc(N(c2ccc3c(c2)-c2ccccc2C3(C)C)c2ccc3ccccc3c2-c2ccc(-c3ccccc3)cc2)cc1. The first kappa shape index (κ1) is 30.0. The maximum absolute atomic E-state index is 2.47. The molecule has 0 amide bonds. The lowest BCUT2D eigenvalue weighted by Gasteiger charge is -2.30. The van der Waals surface area contributed by atoms with Gasteiger partial charge in [0.25, 0.3) is 0 Å². The van der Waals surface area contributed by atoms with Crippen molar-refractivity contribution < 1.29 is 0 Å². The van der Waals surface area contributed by atoms with Crippen LogP contribution in [0.5, 0.6) is 0 Å². The maximum Gasteiger partial charge on any atom is 0.0546 e. The fourth-order valence-corrected chi connectivity index (χ4v) is 7.59. The first-order valence-corrected chi connectivity index (χ1v) is 17.0. The minimum atomic E-state index is -0.0434. The van der Waals surface area contributed by atoms with Crippen LogP contribution in [-0.4, -0.2) is 0 Å². The summed E-state index contributed by atoms with van der Waals surface area (Å²) in [6.07, 6.45) is 0. The van der Waals surface area contributed by atoms with Crippen molar-refractivity contribution >= 4 is 27.8 Å². The number of benzene rings is 7. The molecular formula is C47H41N. The van der Waals surface area contributed by atoms with Crippen LogP contribution in [0, 0.1) is 0 Å². The van der Waals surface area contributed by atoms with E-state index in [1.54, 1.807) is 0 Å². The van der Waals surface area contributed by atoms with Crippen LogP contribution in [0.2, 0.25) is 0 Å². The lowest BCUT2D eigenvalue weighted by atomic mass is 9.82. The van der Waals surface area contributed by atoms with Crippen LogP contribution in [0.3, 0.4) is 0 Å². The summed E-state index contributed by atoms with van der Waals surface area (Å²) in [4.78, 5) is 2.47. The Hall–Kier alpha value is -5.40. The van der Waals surface area contributed by atoms with Crippen molar-refractivity contribution in [3.8, 4) is 33.4 Å². The quantitative estimate of drug-likeness (QED) is 0.185. The highest BCUT2D eigenvalue weighted by molar-refractivity contribution is 6.05. The summed E-state index contributed by atoms with van der Waals surface area (Å²) >= 11 is 0. The zero-order chi connectivity index (χ0) is 33.0. The van der Waals surface area contributed by atoms with Gasteiger partial charge in [0.15, 0.2) is 0 Å². The summed E-state index contributed by atoms with van der Waals surface area (Å²) in [5, 5.41) is 2.47. The molecule has 0 radical (unpaired) electrons. The molecule has 1 heteroatoms. The molecule has 0 heterocycles. The Morgan fingerprint density at radius 1 is 0.479 bits per heavy atom. The van der Waals surface area contributed by atoms with Gasteiger partial charge in [-0.15, -0.1) is 0 Å². The third kappa shape index (κ3) is 5.02. The molecule has 234 valence electrons. The molecule has 48 heavy (non-hydrogen) atoms. The second-order valence-electron chi connectivity index (χ2n) is 14.7. The zero-order valence-electron chi connectivity index (χ0n) is 28.5. The van der Waals surface area contributed by atoms with Crippen LogP contribution >= 0.6 is 0 Å². The molecule has 0 aliphatic heterocycles. The Morgan fingerprint density at radius 2 is 1.08 bits per heavy atom. The summed E-state index contributed by atoms with van der Waals surface area (Å²) in [6, 6.07) is 58.3. The molecule has 8 rings (SSSR count). The van der Waals surface area contributed by atoms with Gasteiger partial charge in [-0.3, -0.25) is 0 Å². The lowest BCUT2D eigenvalue weighted by Crippen LogP contribution is -2.16. The van der Waals surface area contributed by atoms with Crippen molar-refractivity contribution in [1.29, 1.82) is 0 Å². The van der Waals surface area contributed by atoms with Gasteiger partial charge in [0.1, 0.15) is 0 Å². The minimum absolute atomic E-state index is 0.0434. The van der Waals surface area contributed by atoms with E-state index in [0.29, 0.717) is 0 Å². The first-order chi connectivity index (χ1) is 23.2. The Balaban J connectivity index is 1.37. The third-order valence-corrected chi connectivity index (χ3v) is 10.2. The second-order valence-corrected chi connectivity index (χ2v) is 14.7. The van der Waals surface area contributed by atoms with E-state index in [4.69, 9.17) is 0 Å². The molecule has 1 aliphatic carbocycles. The Bertz CT molecular complexity index is 2270. The van der Waals surface area contributed by atoms with Gasteiger partial charge in [0.05, 0.1) is 5.69 Å². The molecule has 7 aromatic carbocycles. The van der Waals surface area contributed by atoms with Crippen LogP contribution in [0.25, 0.3) is 44.2 Å². The van der Waals surface area contributed by atoms with Gasteiger partial charge < -0.3 is 4.90 Å². The van der Waals surface area contributed by atoms with E-state index in [2.05, 4.69) is 197 Å². The number of rotatable bonds is 5. The van der Waals surface area contributed by atoms with Crippen molar-refractivity contribution in [2.24, 2.45) is 0 Å². The number of nitrogens with zero attached hydrogens (tertiary/aromatic N) is 1. The summed E-state index contributed by atoms with van der Waals surface area (Å²) in [5.41, 5.74) is 15.1. The fourth-order valence-electron chi connectivity index (χ4n) is 7.59. The maximum atomic E-state index is 2.47. The summed E-state index contributed by atoms with van der Waals surface area (Å²) in [6.45, 7) is 11.5. The van der Waals surface area contributed by atoms with Crippen LogP contribution < -0.4 is 4.90 Å². The number of hydrogen-bond donors (Lipinski definition) is 0. The highest BCUT2D eigenvalue weighted by atomic mass is 15.1. The van der Waals surface area contributed by atoms with Gasteiger partial charge in [0.2, 0.25) is 0 Å². The van der Waals surface area contributed by atoms with Gasteiger partial charge in [-0.1, -0.05) is 162 Å². The zero-order valence-corrected chi connectivity index (χ0v) is 28.5. The monoisotopic (exact) mass is 619 g/mol. The highest BCUT2D eigenvalue weighted by Gasteiger charge is 2.35. The molecule has 0 saturated carbocycles. The average Bonchev–Trinajstić information content (AvgIpc) is 3.34. The van der Waals surface area contributed by atoms with E-state index in [0.717, 1.165) is 17.1 Å². The van der Waals surface area contributed by atoms with Crippen LogP contribution in [0.4, 0.5) is 17.1 Å². The smallest absolute Gasteiger partial charge is 0.0546 e. The second kappa shape index (κ2) is 11.4. The predicted molar refractivity (Wildman–Crippen MR) is 206 cm³/mol. The highest BCUT2D eigenvalue weighted by Crippen LogP contribution is 2.51. The van der Waals surface area contributed by atoms with E-state index in [-0.39, 0.29) is 10.8 Å². The standard InChI is InChI=1S/C47H41N/c1-46(2,3)36-24-26-37(27-25-36)48(38-28-29-43-41(31-38)40-17-11-12-18-42(40)47(43,4)5)44-30-23-34-15-9-10-16-39(34)45(44)35-21-19-33(20-22-35)32-13-7-6-8-14-32/h6-31H,1-5H3. The summed E-state index contributed by atoms with van der Waals surface area (Å²) in [5.74, 6) is 0. The molecular weight excluding hydrogens is 579 g/mol. The van der Waals surface area contributed by atoms with Gasteiger partial charge >= 0.3 is 0 Å². The van der Waals surface area contributed by atoms with E-state index in [9.17, 15) is 0 Å². The van der Waals surface area contributed by atoms with Crippen LogP contribution in [0.15, 0.2) is 158 Å². The van der Waals surface area contributed by atoms with Crippen molar-refractivity contribution in [2.75, 3.05) is 4.90 Å². The largest absolute Gasteiger partial charge is 0.310 e. The average molecular weight is 620 g/mol. The van der Waals surface area contributed by atoms with Crippen LogP contribution in [0.1, 0.15) is 51.3 Å². The lowest BCUT2D eigenvalue weighted by molar-refractivity contribution is 0.590. The topological polar surface area (TPSA) is 3.24 Å². The van der Waals surface area contributed by atoms with Crippen molar-refractivity contribution in [3.63, 3.8) is 0 Å². The normalized spacial score (nSPS) is 13.3. The van der Waals surface area contributed by atoms with Gasteiger partial charge in [-0.2, -0.15) is 0 Å². The van der Waals surface area contributed by atoms with E-state index in [1.807, 2.05) is 0 Å². The summed E-state index contributed by atoms with van der Waals surface area (Å²) < 4.78 is 0. The molecule has 0 spiro atoms. The van der Waals surface area contributed by atoms with Crippen molar-refractivity contribution in [1.82, 2.24) is 0 Å². The molecule has 0 bridgehead atoms. The Kier molecular flexibility index (Phi) is 7.11. The molecule has 0 fully saturated rings. The number of anilines is 3. The summed E-state index contributed by atoms with van der Waals surface area (Å²) in [7, 11) is 0. The molecule has 0 aromatic heterocycles. The Labute approximate surface area is 285 Å². The molecule has 0 N–H and O–H groups in total. The number of fused-ring (bicyclic) bond motifs is 4. The fraction of sp³-hybridized carbons (Fsp3) is 0.149. The molecule has 1 aliphatic rings. The molecule has 1 nitrogen and oxygen atoms in total. The van der Waals surface area contributed by atoms with Gasteiger partial charge in [-0.05, 0) is 91.0 Å². The number of hydrogen-bond acceptors (Lipinski definition) is 1. The van der Waals surface area contributed by atoms with Gasteiger partial charge in [0, 0.05) is 22.4 Å². The predicted octanol–water partition coefficient (Wildman–Crippen LogP) is 13.2. The molecule has 7 aromatic rings. The van der Waals surface area contributed by atoms with Crippen molar-refractivity contribution in [3.05, 3.63) is 174 Å². The van der Waals surface area contributed by atoms with E-state index in [1.165, 1.54) is 60.8 Å². The van der Waals surface area contributed by atoms with Crippen LogP contribution in [-0.2, 0) is 10.8 Å². The van der Waals surface area contributed by atoms with Crippen molar-refractivity contribution in [2.45, 2.75) is 45.4 Å². The molecule has 0 atom stereocenters. The van der Waals surface area contributed by atoms with E-state index >= 15 is 0 Å². The first-order valence-electron chi connectivity index (χ1n) is 17.0. The molecule has 0 unspecified atom stereocenters. The Morgan fingerprint density at radius 3 is 1.83 bits per heavy atom. The van der Waals surface area contributed by atoms with Gasteiger partial charge in [-0.25, -0.2) is 0 Å². The third-order valence-electron chi connectivity index (χ3n) is 10.2.